The van der Waals surface area contributed by atoms with Gasteiger partial charge in [-0.3, -0.25) is 4.72 Å². The van der Waals surface area contributed by atoms with E-state index < -0.39 is 10.0 Å². The molecular weight excluding hydrogens is 304 g/mol. The minimum absolute atomic E-state index is 0.110. The van der Waals surface area contributed by atoms with Crippen LogP contribution in [0, 0.1) is 0 Å². The van der Waals surface area contributed by atoms with Gasteiger partial charge in [-0.05, 0) is 23.1 Å². The molecule has 0 aliphatic rings. The van der Waals surface area contributed by atoms with Gasteiger partial charge in [-0.15, -0.1) is 0 Å². The van der Waals surface area contributed by atoms with Crippen molar-refractivity contribution in [2.24, 2.45) is 0 Å². The lowest BCUT2D eigenvalue weighted by molar-refractivity contribution is 0.217. The molecule has 0 aliphatic carbocycles. The first-order chi connectivity index (χ1) is 10.1. The van der Waals surface area contributed by atoms with Crippen LogP contribution in [-0.4, -0.2) is 42.0 Å². The second kappa shape index (κ2) is 7.19. The summed E-state index contributed by atoms with van der Waals surface area (Å²) >= 11 is 0. The lowest BCUT2D eigenvalue weighted by Crippen LogP contribution is -2.21. The largest absolute Gasteiger partial charge is 0.492 e. The molecule has 1 aromatic rings. The SMILES string of the molecule is CNc1cc(C(C)(C)C)cc(NS(=O)(=O)CCOC)c1OC. The average Bonchev–Trinajstić information content (AvgIpc) is 2.42. The summed E-state index contributed by atoms with van der Waals surface area (Å²) in [6.45, 7) is 6.34. The van der Waals surface area contributed by atoms with Crippen LogP contribution >= 0.6 is 0 Å². The Morgan fingerprint density at radius 3 is 2.18 bits per heavy atom. The molecule has 1 rings (SSSR count). The minimum Gasteiger partial charge on any atom is -0.492 e. The number of nitrogens with one attached hydrogen (secondary N) is 2. The van der Waals surface area contributed by atoms with E-state index in [0.29, 0.717) is 11.4 Å². The van der Waals surface area contributed by atoms with Gasteiger partial charge in [0.05, 0.1) is 30.8 Å². The molecule has 0 aliphatic heterocycles. The first kappa shape index (κ1) is 18.6. The Labute approximate surface area is 133 Å². The van der Waals surface area contributed by atoms with Gasteiger partial charge in [0.25, 0.3) is 0 Å². The maximum Gasteiger partial charge on any atom is 0.235 e. The Bertz CT molecular complexity index is 607. The number of hydrogen-bond donors (Lipinski definition) is 2. The third-order valence-corrected chi connectivity index (χ3v) is 4.49. The number of anilines is 2. The van der Waals surface area contributed by atoms with E-state index in [-0.39, 0.29) is 17.8 Å². The molecule has 0 saturated heterocycles. The molecule has 6 nitrogen and oxygen atoms in total. The lowest BCUT2D eigenvalue weighted by atomic mass is 9.86. The molecule has 7 heteroatoms. The van der Waals surface area contributed by atoms with E-state index in [1.54, 1.807) is 7.05 Å². The van der Waals surface area contributed by atoms with Gasteiger partial charge in [-0.2, -0.15) is 0 Å². The van der Waals surface area contributed by atoms with Crippen molar-refractivity contribution in [3.8, 4) is 5.75 Å². The monoisotopic (exact) mass is 330 g/mol. The molecule has 1 aromatic carbocycles. The molecule has 2 N–H and O–H groups in total. The Morgan fingerprint density at radius 2 is 1.73 bits per heavy atom. The molecule has 0 atom stereocenters. The Balaban J connectivity index is 3.32. The summed E-state index contributed by atoms with van der Waals surface area (Å²) in [6.07, 6.45) is 0. The first-order valence-corrected chi connectivity index (χ1v) is 8.69. The summed E-state index contributed by atoms with van der Waals surface area (Å²) in [5.41, 5.74) is 2.04. The summed E-state index contributed by atoms with van der Waals surface area (Å²) in [4.78, 5) is 0. The molecule has 0 heterocycles. The van der Waals surface area contributed by atoms with Crippen molar-refractivity contribution in [1.29, 1.82) is 0 Å². The molecule has 0 fully saturated rings. The van der Waals surface area contributed by atoms with Crippen molar-refractivity contribution in [3.05, 3.63) is 17.7 Å². The average molecular weight is 330 g/mol. The van der Waals surface area contributed by atoms with Crippen LogP contribution < -0.4 is 14.8 Å². The number of sulfonamides is 1. The maximum absolute atomic E-state index is 12.1. The number of ether oxygens (including phenoxy) is 2. The van der Waals surface area contributed by atoms with Crippen LogP contribution in [0.1, 0.15) is 26.3 Å². The van der Waals surface area contributed by atoms with Gasteiger partial charge in [0, 0.05) is 14.2 Å². The Kier molecular flexibility index (Phi) is 6.08. The van der Waals surface area contributed by atoms with Crippen molar-refractivity contribution < 1.29 is 17.9 Å². The van der Waals surface area contributed by atoms with Crippen molar-refractivity contribution in [3.63, 3.8) is 0 Å². The Hall–Kier alpha value is -1.47. The van der Waals surface area contributed by atoms with Crippen LogP contribution in [0.3, 0.4) is 0 Å². The summed E-state index contributed by atoms with van der Waals surface area (Å²) in [7, 11) is 1.25. The second-order valence-electron chi connectivity index (χ2n) is 6.02. The van der Waals surface area contributed by atoms with Gasteiger partial charge >= 0.3 is 0 Å². The van der Waals surface area contributed by atoms with Crippen LogP contribution in [0.4, 0.5) is 11.4 Å². The quantitative estimate of drug-likeness (QED) is 0.803. The molecular formula is C15H26N2O4S. The molecule has 0 aromatic heterocycles. The highest BCUT2D eigenvalue weighted by atomic mass is 32.2. The van der Waals surface area contributed by atoms with Crippen LogP contribution in [0.15, 0.2) is 12.1 Å². The van der Waals surface area contributed by atoms with Crippen LogP contribution in [0.2, 0.25) is 0 Å². The molecule has 0 amide bonds. The highest BCUT2D eigenvalue weighted by Gasteiger charge is 2.21. The minimum atomic E-state index is -3.50. The molecule has 0 saturated carbocycles. The van der Waals surface area contributed by atoms with Crippen LogP contribution in [-0.2, 0) is 20.2 Å². The summed E-state index contributed by atoms with van der Waals surface area (Å²) in [5.74, 6) is 0.359. The number of hydrogen-bond acceptors (Lipinski definition) is 5. The van der Waals surface area contributed by atoms with E-state index in [1.165, 1.54) is 14.2 Å². The van der Waals surface area contributed by atoms with Crippen LogP contribution in [0.25, 0.3) is 0 Å². The van der Waals surface area contributed by atoms with Crippen molar-refractivity contribution in [2.45, 2.75) is 26.2 Å². The molecule has 22 heavy (non-hydrogen) atoms. The number of rotatable bonds is 7. The second-order valence-corrected chi connectivity index (χ2v) is 7.86. The molecule has 0 spiro atoms. The third-order valence-electron chi connectivity index (χ3n) is 3.25. The zero-order chi connectivity index (χ0) is 17.0. The van der Waals surface area contributed by atoms with Crippen molar-refractivity contribution in [2.75, 3.05) is 43.7 Å². The summed E-state index contributed by atoms with van der Waals surface area (Å²) < 4.78 is 37.0. The fourth-order valence-corrected chi connectivity index (χ4v) is 2.93. The lowest BCUT2D eigenvalue weighted by Gasteiger charge is -2.23. The Morgan fingerprint density at radius 1 is 1.14 bits per heavy atom. The molecule has 0 radical (unpaired) electrons. The van der Waals surface area contributed by atoms with E-state index in [0.717, 1.165) is 11.3 Å². The van der Waals surface area contributed by atoms with E-state index in [1.807, 2.05) is 12.1 Å². The van der Waals surface area contributed by atoms with Gasteiger partial charge in [-0.1, -0.05) is 20.8 Å². The van der Waals surface area contributed by atoms with Crippen molar-refractivity contribution >= 4 is 21.4 Å². The normalized spacial score (nSPS) is 12.1. The molecule has 126 valence electrons. The van der Waals surface area contributed by atoms with E-state index in [4.69, 9.17) is 9.47 Å². The van der Waals surface area contributed by atoms with Gasteiger partial charge in [0.1, 0.15) is 0 Å². The predicted octanol–water partition coefficient (Wildman–Crippen LogP) is 2.42. The highest BCUT2D eigenvalue weighted by Crippen LogP contribution is 2.38. The van der Waals surface area contributed by atoms with Gasteiger partial charge in [0.2, 0.25) is 10.0 Å². The van der Waals surface area contributed by atoms with E-state index >= 15 is 0 Å². The predicted molar refractivity (Wildman–Crippen MR) is 90.5 cm³/mol. The van der Waals surface area contributed by atoms with Crippen LogP contribution in [0.5, 0.6) is 5.75 Å². The third kappa shape index (κ3) is 4.78. The van der Waals surface area contributed by atoms with E-state index in [2.05, 4.69) is 30.8 Å². The zero-order valence-corrected chi connectivity index (χ0v) is 14.9. The standard InChI is InChI=1S/C15H26N2O4S/c1-15(2,3)11-9-12(16-4)14(21-6)13(10-11)17-22(18,19)8-7-20-5/h9-10,16-17H,7-8H2,1-6H3. The van der Waals surface area contributed by atoms with Gasteiger partial charge in [-0.25, -0.2) is 8.42 Å². The highest BCUT2D eigenvalue weighted by molar-refractivity contribution is 7.92. The fraction of sp³-hybridized carbons (Fsp3) is 0.600. The van der Waals surface area contributed by atoms with E-state index in [9.17, 15) is 8.42 Å². The zero-order valence-electron chi connectivity index (χ0n) is 14.1. The van der Waals surface area contributed by atoms with Gasteiger partial charge in [0.15, 0.2) is 5.75 Å². The maximum atomic E-state index is 12.1. The fourth-order valence-electron chi connectivity index (χ4n) is 1.95. The number of methoxy groups -OCH3 is 2. The van der Waals surface area contributed by atoms with Gasteiger partial charge < -0.3 is 14.8 Å². The molecule has 0 unspecified atom stereocenters. The molecule has 0 bridgehead atoms. The summed E-state index contributed by atoms with van der Waals surface area (Å²) in [6, 6.07) is 3.77. The first-order valence-electron chi connectivity index (χ1n) is 7.04. The smallest absolute Gasteiger partial charge is 0.235 e. The summed E-state index contributed by atoms with van der Waals surface area (Å²) in [5, 5.41) is 3.04. The number of benzene rings is 1. The topological polar surface area (TPSA) is 76.7 Å². The van der Waals surface area contributed by atoms with Crippen molar-refractivity contribution in [1.82, 2.24) is 0 Å².